The van der Waals surface area contributed by atoms with Crippen molar-refractivity contribution in [1.82, 2.24) is 10.2 Å². The van der Waals surface area contributed by atoms with Gasteiger partial charge in [0.05, 0.1) is 6.10 Å². The summed E-state index contributed by atoms with van der Waals surface area (Å²) in [5.74, 6) is 0.989. The highest BCUT2D eigenvalue weighted by molar-refractivity contribution is 5.28. The summed E-state index contributed by atoms with van der Waals surface area (Å²) < 4.78 is 5.72. The Balaban J connectivity index is 1.84. The van der Waals surface area contributed by atoms with Gasteiger partial charge in [0.15, 0.2) is 0 Å². The van der Waals surface area contributed by atoms with E-state index in [1.54, 1.807) is 0 Å². The molecule has 100 valence electrons. The van der Waals surface area contributed by atoms with Crippen LogP contribution < -0.4 is 10.1 Å². The first-order chi connectivity index (χ1) is 8.74. The number of ether oxygens (including phenoxy) is 1. The molecular formula is C15H24N2O. The minimum atomic E-state index is 0.244. The van der Waals surface area contributed by atoms with Crippen molar-refractivity contribution >= 4 is 0 Å². The second-order valence-corrected chi connectivity index (χ2v) is 5.16. The molecule has 1 N–H and O–H groups in total. The third-order valence-corrected chi connectivity index (χ3v) is 3.20. The van der Waals surface area contributed by atoms with Crippen molar-refractivity contribution in [3.05, 3.63) is 29.8 Å². The van der Waals surface area contributed by atoms with Crippen LogP contribution in [0.1, 0.15) is 19.4 Å². The van der Waals surface area contributed by atoms with Crippen LogP contribution in [0.3, 0.4) is 0 Å². The fraction of sp³-hybridized carbons (Fsp3) is 0.600. The van der Waals surface area contributed by atoms with Gasteiger partial charge in [0.1, 0.15) is 5.75 Å². The van der Waals surface area contributed by atoms with E-state index in [0.717, 1.165) is 31.8 Å². The average molecular weight is 248 g/mol. The Labute approximate surface area is 110 Å². The monoisotopic (exact) mass is 248 g/mol. The molecule has 0 unspecified atom stereocenters. The summed E-state index contributed by atoms with van der Waals surface area (Å²) in [7, 11) is 0. The van der Waals surface area contributed by atoms with Gasteiger partial charge in [-0.15, -0.1) is 0 Å². The second kappa shape index (κ2) is 6.76. The molecule has 1 aliphatic rings. The molecule has 0 atom stereocenters. The quantitative estimate of drug-likeness (QED) is 0.861. The van der Waals surface area contributed by atoms with E-state index in [2.05, 4.69) is 42.3 Å². The highest BCUT2D eigenvalue weighted by Crippen LogP contribution is 2.15. The Morgan fingerprint density at radius 2 is 2.06 bits per heavy atom. The van der Waals surface area contributed by atoms with Crippen LogP contribution in [0, 0.1) is 0 Å². The van der Waals surface area contributed by atoms with Crippen LogP contribution in [0.5, 0.6) is 5.75 Å². The minimum absolute atomic E-state index is 0.244. The number of piperazine rings is 1. The van der Waals surface area contributed by atoms with Crippen LogP contribution in [-0.2, 0) is 6.42 Å². The molecule has 3 nitrogen and oxygen atoms in total. The average Bonchev–Trinajstić information content (AvgIpc) is 2.37. The van der Waals surface area contributed by atoms with Crippen molar-refractivity contribution in [1.29, 1.82) is 0 Å². The first-order valence-corrected chi connectivity index (χ1v) is 6.93. The molecule has 0 radical (unpaired) electrons. The van der Waals surface area contributed by atoms with E-state index in [0.29, 0.717) is 0 Å². The highest BCUT2D eigenvalue weighted by Gasteiger charge is 2.09. The lowest BCUT2D eigenvalue weighted by atomic mass is 10.1. The summed E-state index contributed by atoms with van der Waals surface area (Å²) in [4.78, 5) is 2.52. The molecule has 1 aliphatic heterocycles. The molecule has 1 saturated heterocycles. The molecule has 0 amide bonds. The lowest BCUT2D eigenvalue weighted by Crippen LogP contribution is -2.44. The Morgan fingerprint density at radius 1 is 1.28 bits per heavy atom. The molecule has 1 fully saturated rings. The van der Waals surface area contributed by atoms with Gasteiger partial charge in [-0.05, 0) is 38.0 Å². The van der Waals surface area contributed by atoms with Gasteiger partial charge in [-0.1, -0.05) is 12.1 Å². The zero-order valence-corrected chi connectivity index (χ0v) is 11.5. The third kappa shape index (κ3) is 4.31. The van der Waals surface area contributed by atoms with Crippen LogP contribution in [-0.4, -0.2) is 43.7 Å². The van der Waals surface area contributed by atoms with Crippen LogP contribution in [0.15, 0.2) is 24.3 Å². The van der Waals surface area contributed by atoms with E-state index in [1.165, 1.54) is 18.7 Å². The first-order valence-electron chi connectivity index (χ1n) is 6.93. The molecule has 0 spiro atoms. The van der Waals surface area contributed by atoms with E-state index >= 15 is 0 Å². The highest BCUT2D eigenvalue weighted by atomic mass is 16.5. The smallest absolute Gasteiger partial charge is 0.119 e. The van der Waals surface area contributed by atoms with Gasteiger partial charge in [0.25, 0.3) is 0 Å². The number of hydrogen-bond donors (Lipinski definition) is 1. The zero-order chi connectivity index (χ0) is 12.8. The Bertz CT molecular complexity index is 359. The van der Waals surface area contributed by atoms with Crippen molar-refractivity contribution < 1.29 is 4.74 Å². The molecule has 18 heavy (non-hydrogen) atoms. The van der Waals surface area contributed by atoms with Gasteiger partial charge in [-0.3, -0.25) is 0 Å². The number of rotatable bonds is 5. The molecule has 0 saturated carbocycles. The maximum absolute atomic E-state index is 5.72. The number of nitrogens with zero attached hydrogens (tertiary/aromatic N) is 1. The molecule has 0 aromatic heterocycles. The fourth-order valence-corrected chi connectivity index (χ4v) is 2.27. The Kier molecular flexibility index (Phi) is 5.02. The predicted octanol–water partition coefficient (Wildman–Crippen LogP) is 1.92. The summed E-state index contributed by atoms with van der Waals surface area (Å²) >= 11 is 0. The lowest BCUT2D eigenvalue weighted by Gasteiger charge is -2.27. The van der Waals surface area contributed by atoms with Crippen molar-refractivity contribution in [3.8, 4) is 5.75 Å². The SMILES string of the molecule is CC(C)Oc1cccc(CCN2CCNCC2)c1. The van der Waals surface area contributed by atoms with Gasteiger partial charge >= 0.3 is 0 Å². The third-order valence-electron chi connectivity index (χ3n) is 3.20. The van der Waals surface area contributed by atoms with E-state index in [9.17, 15) is 0 Å². The van der Waals surface area contributed by atoms with Crippen LogP contribution in [0.2, 0.25) is 0 Å². The molecular weight excluding hydrogens is 224 g/mol. The summed E-state index contributed by atoms with van der Waals surface area (Å²) in [6.07, 6.45) is 1.35. The molecule has 3 heteroatoms. The van der Waals surface area contributed by atoms with E-state index in [-0.39, 0.29) is 6.10 Å². The predicted molar refractivity (Wildman–Crippen MR) is 75.2 cm³/mol. The van der Waals surface area contributed by atoms with E-state index < -0.39 is 0 Å². The normalized spacial score (nSPS) is 17.1. The van der Waals surface area contributed by atoms with Gasteiger partial charge in [-0.25, -0.2) is 0 Å². The van der Waals surface area contributed by atoms with Gasteiger partial charge in [-0.2, -0.15) is 0 Å². The van der Waals surface area contributed by atoms with Crippen molar-refractivity contribution in [2.45, 2.75) is 26.4 Å². The molecule has 1 aromatic rings. The summed E-state index contributed by atoms with van der Waals surface area (Å²) in [6, 6.07) is 8.48. The minimum Gasteiger partial charge on any atom is -0.491 e. The maximum atomic E-state index is 5.72. The maximum Gasteiger partial charge on any atom is 0.119 e. The van der Waals surface area contributed by atoms with Gasteiger partial charge < -0.3 is 15.0 Å². The number of benzene rings is 1. The topological polar surface area (TPSA) is 24.5 Å². The van der Waals surface area contributed by atoms with Crippen molar-refractivity contribution in [3.63, 3.8) is 0 Å². The standard InChI is InChI=1S/C15H24N2O/c1-13(2)18-15-5-3-4-14(12-15)6-9-17-10-7-16-8-11-17/h3-5,12-13,16H,6-11H2,1-2H3. The van der Waals surface area contributed by atoms with E-state index in [1.807, 2.05) is 6.07 Å². The molecule has 1 aromatic carbocycles. The van der Waals surface area contributed by atoms with Crippen LogP contribution in [0.4, 0.5) is 0 Å². The van der Waals surface area contributed by atoms with Crippen LogP contribution >= 0.6 is 0 Å². The van der Waals surface area contributed by atoms with E-state index in [4.69, 9.17) is 4.74 Å². The van der Waals surface area contributed by atoms with Gasteiger partial charge in [0, 0.05) is 32.7 Å². The largest absolute Gasteiger partial charge is 0.491 e. The second-order valence-electron chi connectivity index (χ2n) is 5.16. The number of nitrogens with one attached hydrogen (secondary N) is 1. The molecule has 0 aliphatic carbocycles. The lowest BCUT2D eigenvalue weighted by molar-refractivity contribution is 0.239. The van der Waals surface area contributed by atoms with Crippen molar-refractivity contribution in [2.75, 3.05) is 32.7 Å². The van der Waals surface area contributed by atoms with Crippen molar-refractivity contribution in [2.24, 2.45) is 0 Å². The van der Waals surface area contributed by atoms with Crippen LogP contribution in [0.25, 0.3) is 0 Å². The van der Waals surface area contributed by atoms with Gasteiger partial charge in [0.2, 0.25) is 0 Å². The summed E-state index contributed by atoms with van der Waals surface area (Å²) in [5, 5.41) is 3.38. The zero-order valence-electron chi connectivity index (χ0n) is 11.5. The molecule has 2 rings (SSSR count). The summed E-state index contributed by atoms with van der Waals surface area (Å²) in [6.45, 7) is 9.85. The number of hydrogen-bond acceptors (Lipinski definition) is 3. The molecule has 1 heterocycles. The first kappa shape index (κ1) is 13.4. The fourth-order valence-electron chi connectivity index (χ4n) is 2.27. The Morgan fingerprint density at radius 3 is 2.78 bits per heavy atom. The summed E-state index contributed by atoms with van der Waals surface area (Å²) in [5.41, 5.74) is 1.37. The molecule has 0 bridgehead atoms. The Hall–Kier alpha value is -1.06.